The number of carboxylic acid groups (broad SMARTS) is 1. The van der Waals surface area contributed by atoms with Gasteiger partial charge in [0.2, 0.25) is 5.91 Å². The van der Waals surface area contributed by atoms with Gasteiger partial charge in [-0.15, -0.1) is 0 Å². The van der Waals surface area contributed by atoms with Gasteiger partial charge in [-0.2, -0.15) is 12.6 Å². The molecule has 0 radical (unpaired) electrons. The predicted molar refractivity (Wildman–Crippen MR) is 42.5 cm³/mol. The molecule has 0 aromatic heterocycles. The first kappa shape index (κ1) is 10.2. The summed E-state index contributed by atoms with van der Waals surface area (Å²) in [5.74, 6) is -1.39. The van der Waals surface area contributed by atoms with Crippen LogP contribution < -0.4 is 11.1 Å². The van der Waals surface area contributed by atoms with Crippen LogP contribution in [0.4, 0.5) is 0 Å². The van der Waals surface area contributed by atoms with Crippen LogP contribution in [-0.4, -0.2) is 35.3 Å². The lowest BCUT2D eigenvalue weighted by Crippen LogP contribution is -2.43. The Hall–Kier alpha value is -0.750. The molecule has 0 fully saturated rings. The van der Waals surface area contributed by atoms with Crippen LogP contribution in [-0.2, 0) is 9.59 Å². The second-order valence-corrected chi connectivity index (χ2v) is 2.27. The molecule has 0 aliphatic rings. The monoisotopic (exact) mass is 178 g/mol. The molecule has 0 rings (SSSR count). The second kappa shape index (κ2) is 4.97. The fraction of sp³-hybridized carbons (Fsp3) is 0.600. The highest BCUT2D eigenvalue weighted by Crippen LogP contribution is 1.82. The van der Waals surface area contributed by atoms with Crippen molar-refractivity contribution in [3.63, 3.8) is 0 Å². The number of nitrogens with one attached hydrogen (secondary N) is 1. The standard InChI is InChI=1S/C5H10N2O3S/c6-3(2-11)5(10)7-1-4(8)9/h3,11H,1-2,6H2,(H,7,10)(H,8,9). The molecule has 0 aromatic carbocycles. The Labute approximate surface area is 69.4 Å². The lowest BCUT2D eigenvalue weighted by molar-refractivity contribution is -0.138. The van der Waals surface area contributed by atoms with Crippen LogP contribution >= 0.6 is 12.6 Å². The maximum Gasteiger partial charge on any atom is 0.322 e. The van der Waals surface area contributed by atoms with Gasteiger partial charge in [-0.3, -0.25) is 9.59 Å². The molecule has 0 spiro atoms. The minimum absolute atomic E-state index is 0.200. The molecule has 0 aromatic rings. The molecule has 1 amide bonds. The van der Waals surface area contributed by atoms with E-state index >= 15 is 0 Å². The lowest BCUT2D eigenvalue weighted by Gasteiger charge is -2.06. The zero-order chi connectivity index (χ0) is 8.85. The summed E-state index contributed by atoms with van der Waals surface area (Å²) >= 11 is 3.77. The fourth-order valence-electron chi connectivity index (χ4n) is 0.377. The van der Waals surface area contributed by atoms with Crippen molar-refractivity contribution < 1.29 is 14.7 Å². The summed E-state index contributed by atoms with van der Waals surface area (Å²) < 4.78 is 0. The van der Waals surface area contributed by atoms with Crippen LogP contribution in [0.3, 0.4) is 0 Å². The third-order valence-electron chi connectivity index (χ3n) is 0.947. The molecule has 64 valence electrons. The summed E-state index contributed by atoms with van der Waals surface area (Å²) in [6, 6.07) is -0.738. The van der Waals surface area contributed by atoms with Gasteiger partial charge in [-0.25, -0.2) is 0 Å². The first-order valence-electron chi connectivity index (χ1n) is 2.94. The number of rotatable bonds is 4. The minimum Gasteiger partial charge on any atom is -0.480 e. The normalized spacial score (nSPS) is 12.2. The molecule has 0 bridgehead atoms. The average Bonchev–Trinajstić information content (AvgIpc) is 1.98. The van der Waals surface area contributed by atoms with E-state index in [-0.39, 0.29) is 5.75 Å². The number of carboxylic acids is 1. The molecular weight excluding hydrogens is 168 g/mol. The van der Waals surface area contributed by atoms with E-state index in [0.29, 0.717) is 0 Å². The molecule has 11 heavy (non-hydrogen) atoms. The largest absolute Gasteiger partial charge is 0.480 e. The zero-order valence-electron chi connectivity index (χ0n) is 5.78. The summed E-state index contributed by atoms with van der Waals surface area (Å²) in [6.07, 6.45) is 0. The Morgan fingerprint density at radius 3 is 2.55 bits per heavy atom. The lowest BCUT2D eigenvalue weighted by atomic mass is 10.3. The molecule has 0 aliphatic heterocycles. The van der Waals surface area contributed by atoms with Crippen LogP contribution in [0.25, 0.3) is 0 Å². The number of carbonyl (C=O) groups is 2. The van der Waals surface area contributed by atoms with Gasteiger partial charge in [-0.1, -0.05) is 0 Å². The van der Waals surface area contributed by atoms with Crippen molar-refractivity contribution in [1.82, 2.24) is 5.32 Å². The van der Waals surface area contributed by atoms with Gasteiger partial charge in [-0.05, 0) is 0 Å². The molecule has 1 atom stereocenters. The highest BCUT2D eigenvalue weighted by molar-refractivity contribution is 7.80. The first-order valence-corrected chi connectivity index (χ1v) is 3.57. The number of hydrogen-bond donors (Lipinski definition) is 4. The van der Waals surface area contributed by atoms with Crippen LogP contribution in [0.2, 0.25) is 0 Å². The van der Waals surface area contributed by atoms with Gasteiger partial charge in [0.25, 0.3) is 0 Å². The second-order valence-electron chi connectivity index (χ2n) is 1.90. The molecule has 4 N–H and O–H groups in total. The Morgan fingerprint density at radius 1 is 1.64 bits per heavy atom. The number of carbonyl (C=O) groups excluding carboxylic acids is 1. The van der Waals surface area contributed by atoms with Crippen molar-refractivity contribution in [3.05, 3.63) is 0 Å². The van der Waals surface area contributed by atoms with Gasteiger partial charge in [0, 0.05) is 5.75 Å². The molecular formula is C5H10N2O3S. The minimum atomic E-state index is -1.09. The molecule has 0 heterocycles. The van der Waals surface area contributed by atoms with Gasteiger partial charge >= 0.3 is 5.97 Å². The summed E-state index contributed by atoms with van der Waals surface area (Å²) in [4.78, 5) is 20.7. The third kappa shape index (κ3) is 4.63. The Morgan fingerprint density at radius 2 is 2.18 bits per heavy atom. The van der Waals surface area contributed by atoms with E-state index in [1.165, 1.54) is 0 Å². The van der Waals surface area contributed by atoms with Crippen LogP contribution in [0.5, 0.6) is 0 Å². The van der Waals surface area contributed by atoms with Crippen molar-refractivity contribution in [2.45, 2.75) is 6.04 Å². The van der Waals surface area contributed by atoms with Crippen molar-refractivity contribution in [2.75, 3.05) is 12.3 Å². The Kier molecular flexibility index (Phi) is 4.64. The number of amides is 1. The van der Waals surface area contributed by atoms with E-state index in [1.807, 2.05) is 0 Å². The van der Waals surface area contributed by atoms with E-state index in [1.54, 1.807) is 0 Å². The number of thiol groups is 1. The fourth-order valence-corrected chi connectivity index (χ4v) is 0.543. The third-order valence-corrected chi connectivity index (χ3v) is 1.34. The summed E-state index contributed by atoms with van der Waals surface area (Å²) in [6.45, 7) is -0.402. The summed E-state index contributed by atoms with van der Waals surface area (Å²) in [7, 11) is 0. The molecule has 1 unspecified atom stereocenters. The molecule has 5 nitrogen and oxygen atoms in total. The summed E-state index contributed by atoms with van der Waals surface area (Å²) in [5, 5.41) is 10.3. The van der Waals surface area contributed by atoms with Crippen molar-refractivity contribution in [2.24, 2.45) is 5.73 Å². The smallest absolute Gasteiger partial charge is 0.322 e. The van der Waals surface area contributed by atoms with Gasteiger partial charge in [0.05, 0.1) is 6.04 Å². The van der Waals surface area contributed by atoms with E-state index in [2.05, 4.69) is 17.9 Å². The number of aliphatic carboxylic acids is 1. The van der Waals surface area contributed by atoms with E-state index in [0.717, 1.165) is 0 Å². The molecule has 0 saturated heterocycles. The highest BCUT2D eigenvalue weighted by Gasteiger charge is 2.11. The summed E-state index contributed by atoms with van der Waals surface area (Å²) in [5.41, 5.74) is 5.22. The Balaban J connectivity index is 3.60. The SMILES string of the molecule is NC(CS)C(=O)NCC(=O)O. The quantitative estimate of drug-likeness (QED) is 0.392. The first-order chi connectivity index (χ1) is 5.07. The van der Waals surface area contributed by atoms with Crippen molar-refractivity contribution in [1.29, 1.82) is 0 Å². The highest BCUT2D eigenvalue weighted by atomic mass is 32.1. The van der Waals surface area contributed by atoms with Crippen LogP contribution in [0.15, 0.2) is 0 Å². The van der Waals surface area contributed by atoms with Gasteiger partial charge < -0.3 is 16.2 Å². The van der Waals surface area contributed by atoms with Gasteiger partial charge in [0.15, 0.2) is 0 Å². The van der Waals surface area contributed by atoms with Crippen LogP contribution in [0, 0.1) is 0 Å². The van der Waals surface area contributed by atoms with Crippen molar-refractivity contribution >= 4 is 24.5 Å². The van der Waals surface area contributed by atoms with E-state index < -0.39 is 24.5 Å². The molecule has 0 aliphatic carbocycles. The number of nitrogens with two attached hydrogens (primary N) is 1. The average molecular weight is 178 g/mol. The predicted octanol–water partition coefficient (Wildman–Crippen LogP) is -1.56. The van der Waals surface area contributed by atoms with Gasteiger partial charge in [0.1, 0.15) is 6.54 Å². The maximum absolute atomic E-state index is 10.7. The molecule has 6 heteroatoms. The number of hydrogen-bond acceptors (Lipinski definition) is 4. The van der Waals surface area contributed by atoms with Crippen LogP contribution in [0.1, 0.15) is 0 Å². The van der Waals surface area contributed by atoms with Crippen molar-refractivity contribution in [3.8, 4) is 0 Å². The molecule has 0 saturated carbocycles. The van der Waals surface area contributed by atoms with E-state index in [4.69, 9.17) is 10.8 Å². The maximum atomic E-state index is 10.7. The zero-order valence-corrected chi connectivity index (χ0v) is 6.67. The topological polar surface area (TPSA) is 92.4 Å². The van der Waals surface area contributed by atoms with E-state index in [9.17, 15) is 9.59 Å². The Bertz CT molecular complexity index is 162.